The Balaban J connectivity index is 1.66. The first-order valence-corrected chi connectivity index (χ1v) is 9.45. The van der Waals surface area contributed by atoms with E-state index in [0.717, 1.165) is 27.8 Å². The average molecular weight is 366 g/mol. The van der Waals surface area contributed by atoms with Crippen LogP contribution in [0.2, 0.25) is 0 Å². The fourth-order valence-electron chi connectivity index (χ4n) is 2.73. The van der Waals surface area contributed by atoms with Crippen molar-refractivity contribution in [2.24, 2.45) is 0 Å². The summed E-state index contributed by atoms with van der Waals surface area (Å²) < 4.78 is 2.03. The minimum absolute atomic E-state index is 0.0423. The highest BCUT2D eigenvalue weighted by atomic mass is 32.2. The number of carbonyl (C=O) groups is 1. The van der Waals surface area contributed by atoms with Crippen molar-refractivity contribution in [2.75, 3.05) is 11.1 Å². The largest absolute Gasteiger partial charge is 0.325 e. The summed E-state index contributed by atoms with van der Waals surface area (Å²) in [6.45, 7) is 6.61. The van der Waals surface area contributed by atoms with Gasteiger partial charge in [-0.15, -0.1) is 10.2 Å². The van der Waals surface area contributed by atoms with Gasteiger partial charge in [-0.25, -0.2) is 0 Å². The summed E-state index contributed by atoms with van der Waals surface area (Å²) >= 11 is 1.40. The van der Waals surface area contributed by atoms with E-state index in [2.05, 4.69) is 27.6 Å². The second kappa shape index (κ2) is 8.19. The van der Waals surface area contributed by atoms with Crippen molar-refractivity contribution in [3.63, 3.8) is 0 Å². The molecular formula is C20H22N4OS. The average Bonchev–Trinajstić information content (AvgIpc) is 2.97. The smallest absolute Gasteiger partial charge is 0.234 e. The number of aryl methyl sites for hydroxylation is 3. The standard InChI is InChI=1S/C20H22N4OS/c1-14-8-7-9-15(2)19(14)21-18(25)13-26-20-23-22-16(3)24(20)12-17-10-5-4-6-11-17/h4-11H,12-13H2,1-3H3,(H,21,25). The van der Waals surface area contributed by atoms with E-state index in [-0.39, 0.29) is 5.91 Å². The van der Waals surface area contributed by atoms with E-state index in [9.17, 15) is 4.79 Å². The molecule has 0 aliphatic carbocycles. The second-order valence-corrected chi connectivity index (χ2v) is 7.15. The molecule has 1 N–H and O–H groups in total. The molecule has 26 heavy (non-hydrogen) atoms. The molecule has 1 aromatic heterocycles. The Morgan fingerprint density at radius 1 is 1.00 bits per heavy atom. The number of anilines is 1. The van der Waals surface area contributed by atoms with Gasteiger partial charge in [0.1, 0.15) is 5.82 Å². The lowest BCUT2D eigenvalue weighted by atomic mass is 10.1. The number of para-hydroxylation sites is 1. The summed E-state index contributed by atoms with van der Waals surface area (Å²) in [4.78, 5) is 12.4. The Morgan fingerprint density at radius 3 is 2.38 bits per heavy atom. The molecule has 134 valence electrons. The number of amides is 1. The number of aromatic nitrogens is 3. The molecule has 0 atom stereocenters. The Bertz CT molecular complexity index is 885. The number of nitrogens with zero attached hydrogens (tertiary/aromatic N) is 3. The van der Waals surface area contributed by atoms with E-state index in [4.69, 9.17) is 0 Å². The zero-order valence-electron chi connectivity index (χ0n) is 15.2. The summed E-state index contributed by atoms with van der Waals surface area (Å²) in [6.07, 6.45) is 0. The van der Waals surface area contributed by atoms with Crippen molar-refractivity contribution in [1.29, 1.82) is 0 Å². The summed E-state index contributed by atoms with van der Waals surface area (Å²) in [5.74, 6) is 1.09. The van der Waals surface area contributed by atoms with Crippen LogP contribution in [-0.2, 0) is 11.3 Å². The first kappa shape index (κ1) is 18.2. The molecule has 5 nitrogen and oxygen atoms in total. The predicted molar refractivity (Wildman–Crippen MR) is 106 cm³/mol. The van der Waals surface area contributed by atoms with Crippen molar-refractivity contribution >= 4 is 23.4 Å². The molecule has 3 aromatic rings. The third-order valence-corrected chi connectivity index (χ3v) is 5.13. The molecule has 0 aliphatic heterocycles. The number of thioether (sulfide) groups is 1. The number of rotatable bonds is 6. The van der Waals surface area contributed by atoms with Crippen molar-refractivity contribution in [1.82, 2.24) is 14.8 Å². The van der Waals surface area contributed by atoms with Gasteiger partial charge in [-0.3, -0.25) is 4.79 Å². The molecule has 1 amide bonds. The summed E-state index contributed by atoms with van der Waals surface area (Å²) in [5, 5.41) is 12.1. The Labute approximate surface area is 157 Å². The van der Waals surface area contributed by atoms with E-state index in [1.165, 1.54) is 17.3 Å². The monoisotopic (exact) mass is 366 g/mol. The van der Waals surface area contributed by atoms with Gasteiger partial charge in [0.25, 0.3) is 0 Å². The van der Waals surface area contributed by atoms with Crippen molar-refractivity contribution in [2.45, 2.75) is 32.5 Å². The van der Waals surface area contributed by atoms with E-state index >= 15 is 0 Å². The summed E-state index contributed by atoms with van der Waals surface area (Å²) in [6, 6.07) is 16.1. The molecule has 0 fully saturated rings. The predicted octanol–water partition coefficient (Wildman–Crippen LogP) is 3.98. The van der Waals surface area contributed by atoms with Gasteiger partial charge in [0, 0.05) is 5.69 Å². The van der Waals surface area contributed by atoms with Crippen molar-refractivity contribution < 1.29 is 4.79 Å². The molecular weight excluding hydrogens is 344 g/mol. The molecule has 0 radical (unpaired) electrons. The molecule has 0 aliphatic rings. The fourth-order valence-corrected chi connectivity index (χ4v) is 3.52. The molecule has 0 bridgehead atoms. The van der Waals surface area contributed by atoms with Crippen molar-refractivity contribution in [3.8, 4) is 0 Å². The molecule has 0 saturated carbocycles. The number of carbonyl (C=O) groups excluding carboxylic acids is 1. The molecule has 1 heterocycles. The SMILES string of the molecule is Cc1cccc(C)c1NC(=O)CSc1nnc(C)n1Cc1ccccc1. The van der Waals surface area contributed by atoms with Crippen LogP contribution in [0.3, 0.4) is 0 Å². The molecule has 2 aromatic carbocycles. The lowest BCUT2D eigenvalue weighted by Crippen LogP contribution is -2.16. The Kier molecular flexibility index (Phi) is 5.73. The molecule has 6 heteroatoms. The minimum atomic E-state index is -0.0423. The van der Waals surface area contributed by atoms with Gasteiger partial charge < -0.3 is 9.88 Å². The lowest BCUT2D eigenvalue weighted by molar-refractivity contribution is -0.113. The van der Waals surface area contributed by atoms with Crippen LogP contribution in [0, 0.1) is 20.8 Å². The topological polar surface area (TPSA) is 59.8 Å². The second-order valence-electron chi connectivity index (χ2n) is 6.21. The maximum atomic E-state index is 12.4. The van der Waals surface area contributed by atoms with Gasteiger partial charge >= 0.3 is 0 Å². The third kappa shape index (κ3) is 4.32. The third-order valence-electron chi connectivity index (χ3n) is 4.16. The van der Waals surface area contributed by atoms with Gasteiger partial charge in [-0.05, 0) is 37.5 Å². The summed E-state index contributed by atoms with van der Waals surface area (Å²) in [7, 11) is 0. The quantitative estimate of drug-likeness (QED) is 0.670. The van der Waals surface area contributed by atoms with Gasteiger partial charge in [0.15, 0.2) is 5.16 Å². The van der Waals surface area contributed by atoms with Crippen LogP contribution >= 0.6 is 11.8 Å². The van der Waals surface area contributed by atoms with Crippen LogP contribution < -0.4 is 5.32 Å². The van der Waals surface area contributed by atoms with Crippen molar-refractivity contribution in [3.05, 3.63) is 71.0 Å². The molecule has 0 unspecified atom stereocenters. The molecule has 0 spiro atoms. The summed E-state index contributed by atoms with van der Waals surface area (Å²) in [5.41, 5.74) is 4.19. The van der Waals surface area contributed by atoms with Gasteiger partial charge in [0.2, 0.25) is 5.91 Å². The number of hydrogen-bond acceptors (Lipinski definition) is 4. The van der Waals surface area contributed by atoms with Crippen LogP contribution in [-0.4, -0.2) is 26.4 Å². The lowest BCUT2D eigenvalue weighted by Gasteiger charge is -2.12. The fraction of sp³-hybridized carbons (Fsp3) is 0.250. The normalized spacial score (nSPS) is 10.7. The van der Waals surface area contributed by atoms with Crippen LogP contribution in [0.25, 0.3) is 0 Å². The molecule has 3 rings (SSSR count). The number of benzene rings is 2. The maximum absolute atomic E-state index is 12.4. The maximum Gasteiger partial charge on any atom is 0.234 e. The van der Waals surface area contributed by atoms with E-state index in [1.807, 2.05) is 61.7 Å². The van der Waals surface area contributed by atoms with Crippen LogP contribution in [0.15, 0.2) is 53.7 Å². The zero-order valence-corrected chi connectivity index (χ0v) is 16.0. The highest BCUT2D eigenvalue weighted by Gasteiger charge is 2.13. The van der Waals surface area contributed by atoms with Gasteiger partial charge in [-0.1, -0.05) is 60.3 Å². The minimum Gasteiger partial charge on any atom is -0.325 e. The zero-order chi connectivity index (χ0) is 18.5. The molecule has 0 saturated heterocycles. The first-order valence-electron chi connectivity index (χ1n) is 8.47. The van der Waals surface area contributed by atoms with Gasteiger partial charge in [-0.2, -0.15) is 0 Å². The van der Waals surface area contributed by atoms with Crippen LogP contribution in [0.5, 0.6) is 0 Å². The highest BCUT2D eigenvalue weighted by molar-refractivity contribution is 7.99. The van der Waals surface area contributed by atoms with E-state index in [0.29, 0.717) is 12.3 Å². The Morgan fingerprint density at radius 2 is 1.69 bits per heavy atom. The van der Waals surface area contributed by atoms with Crippen LogP contribution in [0.4, 0.5) is 5.69 Å². The first-order chi connectivity index (χ1) is 12.5. The van der Waals surface area contributed by atoms with E-state index in [1.54, 1.807) is 0 Å². The highest BCUT2D eigenvalue weighted by Crippen LogP contribution is 2.22. The number of hydrogen-bond donors (Lipinski definition) is 1. The van der Waals surface area contributed by atoms with E-state index < -0.39 is 0 Å². The van der Waals surface area contributed by atoms with Crippen LogP contribution in [0.1, 0.15) is 22.5 Å². The number of nitrogens with one attached hydrogen (secondary N) is 1. The Hall–Kier alpha value is -2.60. The van der Waals surface area contributed by atoms with Gasteiger partial charge in [0.05, 0.1) is 12.3 Å².